The molecule has 0 radical (unpaired) electrons. The summed E-state index contributed by atoms with van der Waals surface area (Å²) in [7, 11) is 0. The number of rotatable bonds is 5. The number of thioether (sulfide) groups is 1. The summed E-state index contributed by atoms with van der Waals surface area (Å²) in [5.74, 6) is 2.32. The lowest BCUT2D eigenvalue weighted by atomic mass is 10.0. The summed E-state index contributed by atoms with van der Waals surface area (Å²) in [5, 5.41) is 10.4. The van der Waals surface area contributed by atoms with Crippen LogP contribution in [0.25, 0.3) is 0 Å². The fourth-order valence-corrected chi connectivity index (χ4v) is 3.96. The third-order valence-corrected chi connectivity index (χ3v) is 5.92. The molecule has 3 rings (SSSR count). The lowest BCUT2D eigenvalue weighted by molar-refractivity contribution is 0.342. The van der Waals surface area contributed by atoms with Gasteiger partial charge in [0.25, 0.3) is 0 Å². The van der Waals surface area contributed by atoms with Crippen molar-refractivity contribution in [3.8, 4) is 0 Å². The standard InChI is InChI=1S/C14H19N3OS2/c1-3-9(2)20-8-12-16-14(18-17-12)13-10-5-7-19-11(10)4-6-15-13/h5,7,9,13,15H,3-4,6,8H2,1-2H3. The quantitative estimate of drug-likeness (QED) is 0.917. The van der Waals surface area contributed by atoms with Gasteiger partial charge in [0.2, 0.25) is 5.89 Å². The first-order valence-corrected chi connectivity index (χ1v) is 8.94. The molecule has 0 amide bonds. The van der Waals surface area contributed by atoms with Gasteiger partial charge < -0.3 is 9.84 Å². The highest BCUT2D eigenvalue weighted by molar-refractivity contribution is 7.99. The molecule has 2 atom stereocenters. The topological polar surface area (TPSA) is 51.0 Å². The Balaban J connectivity index is 1.72. The van der Waals surface area contributed by atoms with Gasteiger partial charge in [-0.05, 0) is 29.9 Å². The van der Waals surface area contributed by atoms with Crippen LogP contribution in [-0.4, -0.2) is 21.9 Å². The Hall–Kier alpha value is -0.850. The van der Waals surface area contributed by atoms with Crippen molar-refractivity contribution < 1.29 is 4.52 Å². The fourth-order valence-electron chi connectivity index (χ4n) is 2.25. The SMILES string of the molecule is CCC(C)SCc1noc(C2NCCc3sccc32)n1. The summed E-state index contributed by atoms with van der Waals surface area (Å²) in [6.07, 6.45) is 2.26. The van der Waals surface area contributed by atoms with E-state index in [0.717, 1.165) is 31.0 Å². The van der Waals surface area contributed by atoms with Crippen LogP contribution in [0.5, 0.6) is 0 Å². The number of nitrogens with zero attached hydrogens (tertiary/aromatic N) is 2. The molecule has 3 heterocycles. The average Bonchev–Trinajstić information content (AvgIpc) is 3.12. The van der Waals surface area contributed by atoms with Crippen LogP contribution in [0.3, 0.4) is 0 Å². The Kier molecular flexibility index (Phi) is 4.43. The summed E-state index contributed by atoms with van der Waals surface area (Å²) >= 11 is 3.69. The molecule has 0 spiro atoms. The van der Waals surface area contributed by atoms with Gasteiger partial charge in [0, 0.05) is 16.7 Å². The zero-order chi connectivity index (χ0) is 13.9. The molecule has 0 saturated heterocycles. The number of aromatic nitrogens is 2. The number of fused-ring (bicyclic) bond motifs is 1. The van der Waals surface area contributed by atoms with E-state index in [2.05, 4.69) is 40.8 Å². The second-order valence-corrected chi connectivity index (χ2v) is 7.44. The van der Waals surface area contributed by atoms with Crippen LogP contribution in [0.4, 0.5) is 0 Å². The first-order valence-electron chi connectivity index (χ1n) is 7.01. The van der Waals surface area contributed by atoms with Gasteiger partial charge in [-0.15, -0.1) is 11.3 Å². The van der Waals surface area contributed by atoms with Crippen molar-refractivity contribution in [1.29, 1.82) is 0 Å². The largest absolute Gasteiger partial charge is 0.337 e. The zero-order valence-corrected chi connectivity index (χ0v) is 13.4. The van der Waals surface area contributed by atoms with Gasteiger partial charge >= 0.3 is 0 Å². The minimum Gasteiger partial charge on any atom is -0.337 e. The molecule has 2 aromatic rings. The number of hydrogen-bond acceptors (Lipinski definition) is 6. The monoisotopic (exact) mass is 309 g/mol. The van der Waals surface area contributed by atoms with Gasteiger partial charge in [-0.1, -0.05) is 19.0 Å². The molecule has 6 heteroatoms. The van der Waals surface area contributed by atoms with Crippen molar-refractivity contribution in [3.05, 3.63) is 33.6 Å². The maximum atomic E-state index is 5.46. The number of nitrogens with one attached hydrogen (secondary N) is 1. The van der Waals surface area contributed by atoms with E-state index >= 15 is 0 Å². The van der Waals surface area contributed by atoms with E-state index in [4.69, 9.17) is 4.52 Å². The molecule has 2 aromatic heterocycles. The summed E-state index contributed by atoms with van der Waals surface area (Å²) in [6.45, 7) is 5.40. The molecule has 20 heavy (non-hydrogen) atoms. The molecular weight excluding hydrogens is 290 g/mol. The molecule has 2 unspecified atom stereocenters. The first-order chi connectivity index (χ1) is 9.78. The van der Waals surface area contributed by atoms with Gasteiger partial charge in [-0.3, -0.25) is 0 Å². The molecule has 0 fully saturated rings. The lowest BCUT2D eigenvalue weighted by Gasteiger charge is -2.20. The van der Waals surface area contributed by atoms with Crippen LogP contribution in [0.2, 0.25) is 0 Å². The van der Waals surface area contributed by atoms with E-state index in [1.54, 1.807) is 0 Å². The average molecular weight is 309 g/mol. The predicted octanol–water partition coefficient (Wildman–Crippen LogP) is 3.40. The molecular formula is C14H19N3OS2. The van der Waals surface area contributed by atoms with Crippen LogP contribution < -0.4 is 5.32 Å². The lowest BCUT2D eigenvalue weighted by Crippen LogP contribution is -2.29. The molecule has 1 N–H and O–H groups in total. The zero-order valence-electron chi connectivity index (χ0n) is 11.8. The molecule has 1 aliphatic rings. The van der Waals surface area contributed by atoms with Crippen molar-refractivity contribution in [3.63, 3.8) is 0 Å². The molecule has 0 saturated carbocycles. The van der Waals surface area contributed by atoms with Gasteiger partial charge in [0.1, 0.15) is 6.04 Å². The van der Waals surface area contributed by atoms with Crippen LogP contribution in [-0.2, 0) is 12.2 Å². The van der Waals surface area contributed by atoms with Crippen LogP contribution >= 0.6 is 23.1 Å². The third kappa shape index (κ3) is 2.92. The molecule has 0 bridgehead atoms. The normalized spacial score (nSPS) is 19.8. The Morgan fingerprint density at radius 2 is 2.50 bits per heavy atom. The van der Waals surface area contributed by atoms with Crippen LogP contribution in [0, 0.1) is 0 Å². The maximum absolute atomic E-state index is 5.46. The second-order valence-electron chi connectivity index (χ2n) is 5.01. The van der Waals surface area contributed by atoms with Gasteiger partial charge in [-0.25, -0.2) is 0 Å². The van der Waals surface area contributed by atoms with E-state index in [9.17, 15) is 0 Å². The van der Waals surface area contributed by atoms with Crippen molar-refractivity contribution in [2.75, 3.05) is 6.54 Å². The Morgan fingerprint density at radius 1 is 1.60 bits per heavy atom. The minimum atomic E-state index is 0.0693. The van der Waals surface area contributed by atoms with E-state index in [1.165, 1.54) is 10.4 Å². The maximum Gasteiger partial charge on any atom is 0.248 e. The van der Waals surface area contributed by atoms with E-state index < -0.39 is 0 Å². The highest BCUT2D eigenvalue weighted by atomic mass is 32.2. The molecule has 0 aromatic carbocycles. The van der Waals surface area contributed by atoms with Crippen molar-refractivity contribution in [2.45, 2.75) is 43.7 Å². The second kappa shape index (κ2) is 6.28. The van der Waals surface area contributed by atoms with Gasteiger partial charge in [0.05, 0.1) is 5.75 Å². The van der Waals surface area contributed by atoms with Gasteiger partial charge in [-0.2, -0.15) is 16.7 Å². The summed E-state index contributed by atoms with van der Waals surface area (Å²) < 4.78 is 5.46. The molecule has 0 aliphatic carbocycles. The summed E-state index contributed by atoms with van der Waals surface area (Å²) in [4.78, 5) is 6.00. The third-order valence-electron chi connectivity index (χ3n) is 3.59. The first kappa shape index (κ1) is 14.1. The van der Waals surface area contributed by atoms with Gasteiger partial charge in [0.15, 0.2) is 5.82 Å². The predicted molar refractivity (Wildman–Crippen MR) is 83.2 cm³/mol. The minimum absolute atomic E-state index is 0.0693. The smallest absolute Gasteiger partial charge is 0.248 e. The molecule has 4 nitrogen and oxygen atoms in total. The van der Waals surface area contributed by atoms with E-state index in [0.29, 0.717) is 11.1 Å². The molecule has 1 aliphatic heterocycles. The van der Waals surface area contributed by atoms with Crippen molar-refractivity contribution in [1.82, 2.24) is 15.5 Å². The van der Waals surface area contributed by atoms with Crippen molar-refractivity contribution in [2.24, 2.45) is 0 Å². The van der Waals surface area contributed by atoms with E-state index in [-0.39, 0.29) is 6.04 Å². The summed E-state index contributed by atoms with van der Waals surface area (Å²) in [5.41, 5.74) is 1.30. The Bertz CT molecular complexity index is 566. The Labute approximate surface area is 127 Å². The number of thiophene rings is 1. The Morgan fingerprint density at radius 3 is 3.35 bits per heavy atom. The highest BCUT2D eigenvalue weighted by Crippen LogP contribution is 2.31. The summed E-state index contributed by atoms with van der Waals surface area (Å²) in [6, 6.07) is 2.23. The van der Waals surface area contributed by atoms with E-state index in [1.807, 2.05) is 23.1 Å². The van der Waals surface area contributed by atoms with Crippen LogP contribution in [0.15, 0.2) is 16.0 Å². The highest BCUT2D eigenvalue weighted by Gasteiger charge is 2.27. The molecule has 108 valence electrons. The van der Waals surface area contributed by atoms with Crippen LogP contribution in [0.1, 0.15) is 48.5 Å². The fraction of sp³-hybridized carbons (Fsp3) is 0.571. The van der Waals surface area contributed by atoms with Crippen molar-refractivity contribution >= 4 is 23.1 Å². The number of hydrogen-bond donors (Lipinski definition) is 1.